The van der Waals surface area contributed by atoms with Crippen LogP contribution in [0.15, 0.2) is 146 Å². The van der Waals surface area contributed by atoms with Gasteiger partial charge in [0.15, 0.2) is 57.1 Å². The lowest BCUT2D eigenvalue weighted by molar-refractivity contribution is -0.185. The van der Waals surface area contributed by atoms with Gasteiger partial charge in [-0.2, -0.15) is 0 Å². The van der Waals surface area contributed by atoms with Gasteiger partial charge in [0.1, 0.15) is 6.10 Å². The Balaban J connectivity index is 10.2. The number of carbonyl (C=O) groups is 8. The SMILES string of the molecule is CCCCC/C=C/C=C\C(=O)C(C(=O)/C=C/C=C/CCCCC)(C(=O)C(O)(C(=O)C(C(=O)/C=C\C=C\CCCCC)(C(=O)/C=C/C=C/CCCCC)C(CCCCCCCCCCCCC)C(=O)/C=C/C=C/CCCCC)C(O)CO)C(CCCCCCCCCCCCC)C(=O)/C=C/C=C/CCCCC. The van der Waals surface area contributed by atoms with E-state index in [0.29, 0.717) is 64.2 Å². The molecule has 0 bridgehead atoms. The summed E-state index contributed by atoms with van der Waals surface area (Å²) in [5.74, 6) is -15.0. The quantitative estimate of drug-likeness (QED) is 0.0227. The summed E-state index contributed by atoms with van der Waals surface area (Å²) in [6.45, 7) is 15.3. The fourth-order valence-corrected chi connectivity index (χ4v) is 13.8. The molecule has 0 radical (unpaired) electrons. The molecule has 3 N–H and O–H groups in total. The molecular weight excluding hydrogens is 1320 g/mol. The van der Waals surface area contributed by atoms with Crippen LogP contribution < -0.4 is 0 Å². The molecule has 5 atom stereocenters. The Morgan fingerprint density at radius 1 is 0.264 bits per heavy atom. The van der Waals surface area contributed by atoms with Gasteiger partial charge in [-0.25, -0.2) is 0 Å². The van der Waals surface area contributed by atoms with Gasteiger partial charge in [-0.15, -0.1) is 0 Å². The predicted octanol–water partition coefficient (Wildman–Crippen LogP) is 24.4. The van der Waals surface area contributed by atoms with Crippen LogP contribution in [0.5, 0.6) is 0 Å². The Bertz CT molecular complexity index is 2470. The standard InChI is InChI=1S/C95H152O11/c1-9-17-25-33-41-43-45-47-55-57-65-73-82(84(97)75-67-59-49-35-27-19-11-3)93(86(99)77-69-61-51-37-29-21-13-5,87(100)78-70-62-52-38-30-22-14-6)91(104)95(106,90(103)81-96)92(105)94(88(101)79-71-63-53-39-31-23-15-7,89(102)80-72-64-54-40-32-24-16-8)83(85(98)76-68-60-50-36-28-20-12-4)74-66-58-56-48-46-44-42-34-26-18-10-2/h49-54,59-64,67-72,75-80,82-83,90,96,103,106H,9-48,55-58,65-66,73-74,81H2,1-8H3/b59-49+,60-50+,61-51+,62-52+,63-53+,64-54+,75-67+,76-68+,77-69-,78-70+,79-71-,80-72+. The van der Waals surface area contributed by atoms with Crippen molar-refractivity contribution in [2.75, 3.05) is 6.61 Å². The predicted molar refractivity (Wildman–Crippen MR) is 447 cm³/mol. The number of allylic oxidation sites excluding steroid dienone is 24. The smallest absolute Gasteiger partial charge is 0.212 e. The second-order valence-corrected chi connectivity index (χ2v) is 29.5. The minimum absolute atomic E-state index is 0.184. The molecule has 0 aliphatic carbocycles. The van der Waals surface area contributed by atoms with Crippen molar-refractivity contribution in [1.82, 2.24) is 0 Å². The monoisotopic (exact) mass is 1470 g/mol. The summed E-state index contributed by atoms with van der Waals surface area (Å²) in [5, 5.41) is 38.7. The summed E-state index contributed by atoms with van der Waals surface area (Å²) in [4.78, 5) is 133. The molecule has 5 unspecified atom stereocenters. The number of Topliss-reactive ketones (excluding diaryl/α,β-unsaturated/α-hetero) is 2. The second-order valence-electron chi connectivity index (χ2n) is 29.5. The number of hydrogen-bond acceptors (Lipinski definition) is 11. The number of aliphatic hydroxyl groups excluding tert-OH is 2. The maximum atomic E-state index is 17.5. The highest BCUT2D eigenvalue weighted by Gasteiger charge is 2.72. The first-order chi connectivity index (χ1) is 51.6. The van der Waals surface area contributed by atoms with Crippen molar-refractivity contribution in [3.63, 3.8) is 0 Å². The van der Waals surface area contributed by atoms with Crippen molar-refractivity contribution in [3.05, 3.63) is 146 Å². The largest absolute Gasteiger partial charge is 0.394 e. The van der Waals surface area contributed by atoms with Gasteiger partial charge in [0.05, 0.1) is 6.61 Å². The van der Waals surface area contributed by atoms with E-state index >= 15 is 38.4 Å². The zero-order valence-corrected chi connectivity index (χ0v) is 68.3. The Labute approximate surface area is 646 Å². The molecule has 598 valence electrons. The number of carbonyl (C=O) groups excluding carboxylic acids is 8. The van der Waals surface area contributed by atoms with Gasteiger partial charge in [-0.05, 0) is 126 Å². The van der Waals surface area contributed by atoms with Gasteiger partial charge >= 0.3 is 0 Å². The number of aliphatic hydroxyl groups is 3. The second kappa shape index (κ2) is 68.4. The average molecular weight is 1470 g/mol. The van der Waals surface area contributed by atoms with Gasteiger partial charge in [-0.3, -0.25) is 38.4 Å². The van der Waals surface area contributed by atoms with Crippen molar-refractivity contribution < 1.29 is 53.7 Å². The van der Waals surface area contributed by atoms with Crippen LogP contribution in [0.2, 0.25) is 0 Å². The summed E-state index contributed by atoms with van der Waals surface area (Å²) < 4.78 is 0. The molecule has 0 spiro atoms. The molecule has 0 aromatic carbocycles. The van der Waals surface area contributed by atoms with E-state index in [1.807, 2.05) is 36.5 Å². The molecule has 11 heteroatoms. The number of rotatable bonds is 74. The van der Waals surface area contributed by atoms with Gasteiger partial charge in [0, 0.05) is 11.8 Å². The van der Waals surface area contributed by atoms with E-state index in [0.717, 1.165) is 217 Å². The van der Waals surface area contributed by atoms with Crippen LogP contribution in [0.3, 0.4) is 0 Å². The van der Waals surface area contributed by atoms with Gasteiger partial charge in [0.25, 0.3) is 0 Å². The van der Waals surface area contributed by atoms with E-state index in [1.165, 1.54) is 74.3 Å². The van der Waals surface area contributed by atoms with Crippen molar-refractivity contribution >= 4 is 46.3 Å². The van der Waals surface area contributed by atoms with Crippen molar-refractivity contribution in [1.29, 1.82) is 0 Å². The van der Waals surface area contributed by atoms with E-state index in [9.17, 15) is 15.3 Å². The molecule has 0 aromatic heterocycles. The molecule has 0 fully saturated rings. The van der Waals surface area contributed by atoms with E-state index in [1.54, 1.807) is 36.5 Å². The minimum Gasteiger partial charge on any atom is -0.394 e. The zero-order chi connectivity index (χ0) is 78.5. The zero-order valence-electron chi connectivity index (χ0n) is 68.3. The molecule has 0 aromatic rings. The van der Waals surface area contributed by atoms with Crippen LogP contribution in [0.4, 0.5) is 0 Å². The molecular formula is C95H152O11. The molecule has 0 rings (SSSR count). The summed E-state index contributed by atoms with van der Waals surface area (Å²) in [7, 11) is 0. The first-order valence-corrected chi connectivity index (χ1v) is 42.9. The van der Waals surface area contributed by atoms with Crippen molar-refractivity contribution in [2.45, 2.75) is 375 Å². The summed E-state index contributed by atoms with van der Waals surface area (Å²) >= 11 is 0. The molecule has 11 nitrogen and oxygen atoms in total. The maximum absolute atomic E-state index is 17.5. The summed E-state index contributed by atoms with van der Waals surface area (Å²) in [6.07, 6.45) is 72.3. The van der Waals surface area contributed by atoms with Crippen molar-refractivity contribution in [2.24, 2.45) is 22.7 Å². The van der Waals surface area contributed by atoms with Gasteiger partial charge in [0.2, 0.25) is 5.60 Å². The Morgan fingerprint density at radius 2 is 0.453 bits per heavy atom. The Morgan fingerprint density at radius 3 is 0.660 bits per heavy atom. The average Bonchev–Trinajstić information content (AvgIpc) is 0.706. The fourth-order valence-electron chi connectivity index (χ4n) is 13.8. The van der Waals surface area contributed by atoms with Crippen LogP contribution in [-0.4, -0.2) is 79.9 Å². The number of hydrogen-bond donors (Lipinski definition) is 3. The van der Waals surface area contributed by atoms with E-state index < -0.39 is 87.2 Å². The van der Waals surface area contributed by atoms with Crippen LogP contribution >= 0.6 is 0 Å². The molecule has 0 heterocycles. The van der Waals surface area contributed by atoms with Crippen LogP contribution in [0.1, 0.15) is 364 Å². The summed E-state index contributed by atoms with van der Waals surface area (Å²) in [6, 6.07) is 0. The third-order valence-electron chi connectivity index (χ3n) is 20.4. The Hall–Kier alpha value is -5.88. The third-order valence-corrected chi connectivity index (χ3v) is 20.4. The van der Waals surface area contributed by atoms with Crippen molar-refractivity contribution in [3.8, 4) is 0 Å². The highest BCUT2D eigenvalue weighted by atomic mass is 16.4. The molecule has 0 saturated heterocycles. The Kier molecular flexibility index (Phi) is 64.6. The van der Waals surface area contributed by atoms with Gasteiger partial charge in [-0.1, -0.05) is 383 Å². The lowest BCUT2D eigenvalue weighted by Crippen LogP contribution is -2.72. The molecule has 0 aliphatic heterocycles. The third kappa shape index (κ3) is 41.1. The van der Waals surface area contributed by atoms with Crippen LogP contribution in [0.25, 0.3) is 0 Å². The van der Waals surface area contributed by atoms with E-state index in [4.69, 9.17) is 0 Å². The molecule has 106 heavy (non-hydrogen) atoms. The maximum Gasteiger partial charge on any atom is 0.212 e. The number of ketones is 8. The highest BCUT2D eigenvalue weighted by Crippen LogP contribution is 2.47. The first-order valence-electron chi connectivity index (χ1n) is 42.9. The number of unbranched alkanes of at least 4 members (excludes halogenated alkanes) is 38. The van der Waals surface area contributed by atoms with Gasteiger partial charge < -0.3 is 15.3 Å². The van der Waals surface area contributed by atoms with Crippen LogP contribution in [-0.2, 0) is 38.4 Å². The fraction of sp³-hybridized carbons (Fsp3) is 0.663. The lowest BCUT2D eigenvalue weighted by Gasteiger charge is -2.45. The normalized spacial score (nSPS) is 15.2. The van der Waals surface area contributed by atoms with E-state index in [2.05, 4.69) is 55.4 Å². The first kappa shape index (κ1) is 100. The highest BCUT2D eigenvalue weighted by molar-refractivity contribution is 6.42. The molecule has 0 saturated carbocycles. The summed E-state index contributed by atoms with van der Waals surface area (Å²) in [5.41, 5.74) is -11.2. The van der Waals surface area contributed by atoms with E-state index in [-0.39, 0.29) is 25.7 Å². The van der Waals surface area contributed by atoms with Crippen LogP contribution in [0, 0.1) is 22.7 Å². The minimum atomic E-state index is -4.27. The lowest BCUT2D eigenvalue weighted by atomic mass is 9.53. The molecule has 0 aliphatic rings. The topological polar surface area (TPSA) is 197 Å². The molecule has 0 amide bonds.